The zero-order valence-corrected chi connectivity index (χ0v) is 18.5. The minimum absolute atomic E-state index is 0.0531. The molecule has 0 fully saturated rings. The van der Waals surface area contributed by atoms with Gasteiger partial charge >= 0.3 is 5.97 Å². The average Bonchev–Trinajstić information content (AvgIpc) is 3.10. The average molecular weight is 430 g/mol. The molecule has 0 radical (unpaired) electrons. The third kappa shape index (κ3) is 5.95. The summed E-state index contributed by atoms with van der Waals surface area (Å²) >= 11 is 11.7. The van der Waals surface area contributed by atoms with Gasteiger partial charge in [0.05, 0.1) is 32.7 Å². The first-order chi connectivity index (χ1) is 12.6. The van der Waals surface area contributed by atoms with Crippen molar-refractivity contribution < 1.29 is 14.3 Å². The van der Waals surface area contributed by atoms with Crippen molar-refractivity contribution >= 4 is 37.2 Å². The van der Waals surface area contributed by atoms with Gasteiger partial charge in [0.15, 0.2) is 0 Å². The molecule has 2 aromatic heterocycles. The molecular formula is C18H25Cl2N3O3Si. The van der Waals surface area contributed by atoms with E-state index in [4.69, 9.17) is 32.7 Å². The molecule has 6 nitrogen and oxygen atoms in total. The standard InChI is InChI=1S/C18H25Cl2N3O3Si/c1-18(2,27(3,4)12-26-15-8-10-21-23-15)9-5-11-25-17(24)13-6-7-14(19)22-16(13)20/h6-8,10H,5,9,11-12H2,1-4H3,(H,21,23). The molecule has 0 atom stereocenters. The predicted molar refractivity (Wildman–Crippen MR) is 109 cm³/mol. The minimum atomic E-state index is -1.70. The van der Waals surface area contributed by atoms with Crippen LogP contribution >= 0.6 is 23.2 Å². The van der Waals surface area contributed by atoms with E-state index in [-0.39, 0.29) is 20.9 Å². The molecule has 0 aliphatic carbocycles. The van der Waals surface area contributed by atoms with E-state index in [0.29, 0.717) is 18.7 Å². The number of hydrogen-bond donors (Lipinski definition) is 1. The summed E-state index contributed by atoms with van der Waals surface area (Å²) in [5.41, 5.74) is 0.225. The number of aromatic amines is 1. The topological polar surface area (TPSA) is 77.1 Å². The Kier molecular flexibility index (Phi) is 7.30. The number of halogens is 2. The first kappa shape index (κ1) is 21.7. The highest BCUT2D eigenvalue weighted by atomic mass is 35.5. The van der Waals surface area contributed by atoms with E-state index in [1.165, 1.54) is 12.1 Å². The maximum atomic E-state index is 12.1. The van der Waals surface area contributed by atoms with Gasteiger partial charge < -0.3 is 9.47 Å². The Bertz CT molecular complexity index is 767. The van der Waals surface area contributed by atoms with E-state index >= 15 is 0 Å². The lowest BCUT2D eigenvalue weighted by atomic mass is 10.1. The maximum absolute atomic E-state index is 12.1. The molecule has 27 heavy (non-hydrogen) atoms. The molecule has 0 saturated carbocycles. The van der Waals surface area contributed by atoms with Gasteiger partial charge in [-0.15, -0.1) is 0 Å². The highest BCUT2D eigenvalue weighted by Crippen LogP contribution is 2.41. The molecule has 2 rings (SSSR count). The maximum Gasteiger partial charge on any atom is 0.341 e. The third-order valence-corrected chi connectivity index (χ3v) is 10.4. The molecule has 0 amide bonds. The van der Waals surface area contributed by atoms with Crippen molar-refractivity contribution in [1.29, 1.82) is 0 Å². The van der Waals surface area contributed by atoms with Gasteiger partial charge in [-0.05, 0) is 30.0 Å². The van der Waals surface area contributed by atoms with Gasteiger partial charge in [-0.1, -0.05) is 50.1 Å². The largest absolute Gasteiger partial charge is 0.482 e. The van der Waals surface area contributed by atoms with Crippen LogP contribution in [0.4, 0.5) is 0 Å². The van der Waals surface area contributed by atoms with Crippen LogP contribution < -0.4 is 4.74 Å². The molecule has 0 bridgehead atoms. The number of H-pyrrole nitrogens is 1. The summed E-state index contributed by atoms with van der Waals surface area (Å²) in [5.74, 6) is 0.204. The Labute approximate surface area is 170 Å². The van der Waals surface area contributed by atoms with Crippen LogP contribution in [0, 0.1) is 0 Å². The number of rotatable bonds is 9. The Morgan fingerprint density at radius 1 is 1.26 bits per heavy atom. The van der Waals surface area contributed by atoms with Crippen LogP contribution in [0.25, 0.3) is 0 Å². The van der Waals surface area contributed by atoms with Gasteiger partial charge in [-0.2, -0.15) is 5.10 Å². The van der Waals surface area contributed by atoms with E-state index in [2.05, 4.69) is 42.1 Å². The zero-order valence-electron chi connectivity index (χ0n) is 16.0. The summed E-state index contributed by atoms with van der Waals surface area (Å²) in [6.45, 7) is 9.42. The molecule has 0 unspecified atom stereocenters. The predicted octanol–water partition coefficient (Wildman–Crippen LogP) is 5.16. The number of ether oxygens (including phenoxy) is 2. The number of pyridine rings is 1. The molecule has 0 aliphatic rings. The molecule has 2 aromatic rings. The lowest BCUT2D eigenvalue weighted by Gasteiger charge is -2.39. The molecule has 1 N–H and O–H groups in total. The second-order valence-corrected chi connectivity index (χ2v) is 13.8. The number of nitrogens with one attached hydrogen (secondary N) is 1. The molecule has 148 valence electrons. The quantitative estimate of drug-likeness (QED) is 0.258. The van der Waals surface area contributed by atoms with Crippen LogP contribution in [0.1, 0.15) is 37.0 Å². The van der Waals surface area contributed by atoms with Crippen molar-refractivity contribution in [1.82, 2.24) is 15.2 Å². The van der Waals surface area contributed by atoms with Crippen molar-refractivity contribution in [2.45, 2.75) is 44.8 Å². The first-order valence-electron chi connectivity index (χ1n) is 8.74. The summed E-state index contributed by atoms with van der Waals surface area (Å²) in [6, 6.07) is 4.85. The van der Waals surface area contributed by atoms with Crippen molar-refractivity contribution in [3.8, 4) is 5.88 Å². The van der Waals surface area contributed by atoms with Crippen LogP contribution in [-0.2, 0) is 4.74 Å². The van der Waals surface area contributed by atoms with Crippen LogP contribution in [0.15, 0.2) is 24.4 Å². The van der Waals surface area contributed by atoms with E-state index in [9.17, 15) is 4.79 Å². The van der Waals surface area contributed by atoms with Crippen LogP contribution in [0.3, 0.4) is 0 Å². The Morgan fingerprint density at radius 2 is 2.00 bits per heavy atom. The molecule has 0 aliphatic heterocycles. The molecule has 2 heterocycles. The summed E-state index contributed by atoms with van der Waals surface area (Å²) < 4.78 is 11.2. The minimum Gasteiger partial charge on any atom is -0.482 e. The SMILES string of the molecule is CC(C)(CCCOC(=O)c1ccc(Cl)nc1Cl)[Si](C)(C)COc1ccn[nH]1. The lowest BCUT2D eigenvalue weighted by Crippen LogP contribution is -2.45. The zero-order chi connectivity index (χ0) is 20.1. The van der Waals surface area contributed by atoms with Crippen molar-refractivity contribution in [2.75, 3.05) is 12.8 Å². The lowest BCUT2D eigenvalue weighted by molar-refractivity contribution is 0.0494. The number of aromatic nitrogens is 3. The summed E-state index contributed by atoms with van der Waals surface area (Å²) in [7, 11) is -1.70. The van der Waals surface area contributed by atoms with Gasteiger partial charge in [-0.3, -0.25) is 0 Å². The number of carbonyl (C=O) groups excluding carboxylic acids is 1. The summed E-state index contributed by atoms with van der Waals surface area (Å²) in [6.07, 6.45) is 4.05. The van der Waals surface area contributed by atoms with Crippen LogP contribution in [-0.4, -0.2) is 42.1 Å². The third-order valence-electron chi connectivity index (χ3n) is 5.11. The van der Waals surface area contributed by atoms with Crippen molar-refractivity contribution in [3.05, 3.63) is 40.3 Å². The first-order valence-corrected chi connectivity index (χ1v) is 12.7. The van der Waals surface area contributed by atoms with Gasteiger partial charge in [0, 0.05) is 6.07 Å². The van der Waals surface area contributed by atoms with Crippen LogP contribution in [0.5, 0.6) is 5.88 Å². The fourth-order valence-electron chi connectivity index (χ4n) is 2.44. The van der Waals surface area contributed by atoms with E-state index < -0.39 is 14.0 Å². The molecule has 0 saturated heterocycles. The number of carbonyl (C=O) groups is 1. The smallest absolute Gasteiger partial charge is 0.341 e. The van der Waals surface area contributed by atoms with E-state index in [1.807, 2.05) is 6.07 Å². The van der Waals surface area contributed by atoms with Gasteiger partial charge in [0.1, 0.15) is 10.3 Å². The normalized spacial score (nSPS) is 12.1. The van der Waals surface area contributed by atoms with E-state index in [1.54, 1.807) is 6.20 Å². The van der Waals surface area contributed by atoms with Gasteiger partial charge in [-0.25, -0.2) is 14.9 Å². The fourth-order valence-corrected chi connectivity index (χ4v) is 4.62. The highest BCUT2D eigenvalue weighted by Gasteiger charge is 2.39. The Balaban J connectivity index is 1.81. The number of hydrogen-bond acceptors (Lipinski definition) is 5. The van der Waals surface area contributed by atoms with E-state index in [0.717, 1.165) is 12.8 Å². The molecular weight excluding hydrogens is 405 g/mol. The van der Waals surface area contributed by atoms with Crippen molar-refractivity contribution in [3.63, 3.8) is 0 Å². The number of esters is 1. The van der Waals surface area contributed by atoms with Crippen molar-refractivity contribution in [2.24, 2.45) is 0 Å². The fraction of sp³-hybridized carbons (Fsp3) is 0.500. The Morgan fingerprint density at radius 3 is 2.63 bits per heavy atom. The number of nitrogens with zero attached hydrogens (tertiary/aromatic N) is 2. The van der Waals surface area contributed by atoms with Gasteiger partial charge in [0.2, 0.25) is 5.88 Å². The van der Waals surface area contributed by atoms with Gasteiger partial charge in [0.25, 0.3) is 0 Å². The summed E-state index contributed by atoms with van der Waals surface area (Å²) in [5, 5.41) is 7.11. The summed E-state index contributed by atoms with van der Waals surface area (Å²) in [4.78, 5) is 16.0. The second-order valence-electron chi connectivity index (χ2n) is 7.69. The molecule has 0 spiro atoms. The monoisotopic (exact) mass is 429 g/mol. The Hall–Kier alpha value is -1.57. The molecule has 0 aromatic carbocycles. The highest BCUT2D eigenvalue weighted by molar-refractivity contribution is 6.80. The van der Waals surface area contributed by atoms with Crippen LogP contribution in [0.2, 0.25) is 28.4 Å². The second kappa shape index (κ2) is 9.08. The molecule has 9 heteroatoms.